The summed E-state index contributed by atoms with van der Waals surface area (Å²) in [4.78, 5) is 26.4. The second-order valence-electron chi connectivity index (χ2n) is 6.70. The number of halogens is 1. The first kappa shape index (κ1) is 19.6. The number of nitrogens with zero attached hydrogens (tertiary/aromatic N) is 1. The number of carbonyl (C=O) groups excluding carboxylic acids is 2. The Morgan fingerprint density at radius 2 is 1.73 bits per heavy atom. The molecule has 2 amide bonds. The van der Waals surface area contributed by atoms with E-state index in [0.29, 0.717) is 30.8 Å². The zero-order valence-electron chi connectivity index (χ0n) is 15.5. The molecule has 26 heavy (non-hydrogen) atoms. The van der Waals surface area contributed by atoms with Gasteiger partial charge >= 0.3 is 0 Å². The first-order valence-corrected chi connectivity index (χ1v) is 8.78. The summed E-state index contributed by atoms with van der Waals surface area (Å²) in [5.74, 6) is -0.297. The number of aryl methyl sites for hydroxylation is 1. The van der Waals surface area contributed by atoms with Crippen LogP contribution in [-0.2, 0) is 4.79 Å². The predicted molar refractivity (Wildman–Crippen MR) is 102 cm³/mol. The molecule has 4 nitrogen and oxygen atoms in total. The van der Waals surface area contributed by atoms with Crippen molar-refractivity contribution in [2.75, 3.05) is 18.0 Å². The first-order chi connectivity index (χ1) is 12.4. The fourth-order valence-electron chi connectivity index (χ4n) is 2.68. The lowest BCUT2D eigenvalue weighted by Crippen LogP contribution is -2.39. The summed E-state index contributed by atoms with van der Waals surface area (Å²) in [5, 5.41) is 2.84. The monoisotopic (exact) mass is 356 g/mol. The van der Waals surface area contributed by atoms with Crippen LogP contribution in [0.3, 0.4) is 0 Å². The standard InChI is InChI=1S/C21H25FN2O2/c1-15(2)14-20(25)23-12-13-24(18-10-8-17(22)9-11-18)21(26)19-7-5-4-6-16(19)3/h4-11,15H,12-14H2,1-3H3,(H,23,25). The van der Waals surface area contributed by atoms with E-state index in [4.69, 9.17) is 0 Å². The van der Waals surface area contributed by atoms with Crippen molar-refractivity contribution in [1.82, 2.24) is 5.32 Å². The number of benzene rings is 2. The van der Waals surface area contributed by atoms with Crippen molar-refractivity contribution in [2.45, 2.75) is 27.2 Å². The Balaban J connectivity index is 2.17. The maximum atomic E-state index is 13.3. The Bertz CT molecular complexity index is 757. The molecule has 0 radical (unpaired) electrons. The number of nitrogens with one attached hydrogen (secondary N) is 1. The summed E-state index contributed by atoms with van der Waals surface area (Å²) < 4.78 is 13.3. The van der Waals surface area contributed by atoms with Gasteiger partial charge in [0.15, 0.2) is 0 Å². The number of hydrogen-bond donors (Lipinski definition) is 1. The van der Waals surface area contributed by atoms with Crippen molar-refractivity contribution >= 4 is 17.5 Å². The van der Waals surface area contributed by atoms with E-state index in [1.54, 1.807) is 23.1 Å². The van der Waals surface area contributed by atoms with Crippen molar-refractivity contribution < 1.29 is 14.0 Å². The number of carbonyl (C=O) groups is 2. The molecule has 1 N–H and O–H groups in total. The molecule has 5 heteroatoms. The molecule has 0 aliphatic rings. The molecule has 0 saturated heterocycles. The molecule has 0 aliphatic carbocycles. The zero-order chi connectivity index (χ0) is 19.1. The van der Waals surface area contributed by atoms with Crippen LogP contribution >= 0.6 is 0 Å². The average molecular weight is 356 g/mol. The van der Waals surface area contributed by atoms with Gasteiger partial charge in [0, 0.05) is 30.8 Å². The summed E-state index contributed by atoms with van der Waals surface area (Å²) in [5.41, 5.74) is 2.05. The van der Waals surface area contributed by atoms with E-state index in [2.05, 4.69) is 5.32 Å². The van der Waals surface area contributed by atoms with Gasteiger partial charge in [-0.25, -0.2) is 4.39 Å². The van der Waals surface area contributed by atoms with E-state index in [-0.39, 0.29) is 23.5 Å². The molecular weight excluding hydrogens is 331 g/mol. The van der Waals surface area contributed by atoms with Crippen LogP contribution in [0.5, 0.6) is 0 Å². The molecule has 0 aliphatic heterocycles. The lowest BCUT2D eigenvalue weighted by atomic mass is 10.1. The van der Waals surface area contributed by atoms with Crippen LogP contribution in [0.25, 0.3) is 0 Å². The van der Waals surface area contributed by atoms with Crippen LogP contribution in [0.4, 0.5) is 10.1 Å². The molecular formula is C21H25FN2O2. The van der Waals surface area contributed by atoms with Gasteiger partial charge in [-0.3, -0.25) is 9.59 Å². The largest absolute Gasteiger partial charge is 0.354 e. The average Bonchev–Trinajstić information content (AvgIpc) is 2.59. The van der Waals surface area contributed by atoms with Crippen molar-refractivity contribution in [3.05, 3.63) is 65.5 Å². The highest BCUT2D eigenvalue weighted by Crippen LogP contribution is 2.19. The molecule has 2 aromatic carbocycles. The van der Waals surface area contributed by atoms with E-state index >= 15 is 0 Å². The molecule has 138 valence electrons. The van der Waals surface area contributed by atoms with Gasteiger partial charge in [-0.15, -0.1) is 0 Å². The molecule has 2 rings (SSSR count). The van der Waals surface area contributed by atoms with Crippen molar-refractivity contribution in [3.8, 4) is 0 Å². The Hall–Kier alpha value is -2.69. The van der Waals surface area contributed by atoms with Crippen molar-refractivity contribution in [3.63, 3.8) is 0 Å². The molecule has 0 saturated carbocycles. The Morgan fingerprint density at radius 1 is 1.08 bits per heavy atom. The minimum atomic E-state index is -0.359. The summed E-state index contributed by atoms with van der Waals surface area (Å²) >= 11 is 0. The third-order valence-electron chi connectivity index (χ3n) is 4.01. The van der Waals surface area contributed by atoms with Crippen LogP contribution in [0.2, 0.25) is 0 Å². The van der Waals surface area contributed by atoms with Gasteiger partial charge in [0.05, 0.1) is 0 Å². The highest BCUT2D eigenvalue weighted by Gasteiger charge is 2.19. The molecule has 0 unspecified atom stereocenters. The molecule has 0 bridgehead atoms. The van der Waals surface area contributed by atoms with E-state index in [1.807, 2.05) is 39.0 Å². The minimum absolute atomic E-state index is 0.0394. The highest BCUT2D eigenvalue weighted by atomic mass is 19.1. The Labute approximate surface area is 154 Å². The number of amides is 2. The lowest BCUT2D eigenvalue weighted by Gasteiger charge is -2.24. The topological polar surface area (TPSA) is 49.4 Å². The summed E-state index contributed by atoms with van der Waals surface area (Å²) in [6.07, 6.45) is 0.447. The van der Waals surface area contributed by atoms with Gasteiger partial charge in [0.25, 0.3) is 5.91 Å². The van der Waals surface area contributed by atoms with E-state index in [1.165, 1.54) is 12.1 Å². The quantitative estimate of drug-likeness (QED) is 0.817. The van der Waals surface area contributed by atoms with Gasteiger partial charge in [-0.2, -0.15) is 0 Å². The lowest BCUT2D eigenvalue weighted by molar-refractivity contribution is -0.121. The fourth-order valence-corrected chi connectivity index (χ4v) is 2.68. The Kier molecular flexibility index (Phi) is 6.89. The number of rotatable bonds is 7. The number of anilines is 1. The second kappa shape index (κ2) is 9.13. The molecule has 0 spiro atoms. The second-order valence-corrected chi connectivity index (χ2v) is 6.70. The zero-order valence-corrected chi connectivity index (χ0v) is 15.5. The minimum Gasteiger partial charge on any atom is -0.354 e. The van der Waals surface area contributed by atoms with Crippen LogP contribution in [0.15, 0.2) is 48.5 Å². The molecule has 0 heterocycles. The van der Waals surface area contributed by atoms with Gasteiger partial charge in [0.2, 0.25) is 5.91 Å². The van der Waals surface area contributed by atoms with Crippen molar-refractivity contribution in [2.24, 2.45) is 5.92 Å². The number of hydrogen-bond acceptors (Lipinski definition) is 2. The van der Waals surface area contributed by atoms with Crippen LogP contribution in [0.1, 0.15) is 36.2 Å². The smallest absolute Gasteiger partial charge is 0.258 e. The molecule has 0 atom stereocenters. The molecule has 2 aromatic rings. The van der Waals surface area contributed by atoms with E-state index < -0.39 is 0 Å². The van der Waals surface area contributed by atoms with Gasteiger partial charge in [-0.1, -0.05) is 32.0 Å². The van der Waals surface area contributed by atoms with Crippen LogP contribution in [-0.4, -0.2) is 24.9 Å². The first-order valence-electron chi connectivity index (χ1n) is 8.78. The van der Waals surface area contributed by atoms with Crippen molar-refractivity contribution in [1.29, 1.82) is 0 Å². The van der Waals surface area contributed by atoms with E-state index in [9.17, 15) is 14.0 Å². The molecule has 0 fully saturated rings. The van der Waals surface area contributed by atoms with Crippen LogP contribution < -0.4 is 10.2 Å². The fraction of sp³-hybridized carbons (Fsp3) is 0.333. The van der Waals surface area contributed by atoms with Crippen LogP contribution in [0, 0.1) is 18.7 Å². The summed E-state index contributed by atoms with van der Waals surface area (Å²) in [6, 6.07) is 13.1. The molecule has 0 aromatic heterocycles. The normalized spacial score (nSPS) is 10.7. The Morgan fingerprint density at radius 3 is 2.35 bits per heavy atom. The predicted octanol–water partition coefficient (Wildman–Crippen LogP) is 3.94. The van der Waals surface area contributed by atoms with Gasteiger partial charge in [0.1, 0.15) is 5.82 Å². The van der Waals surface area contributed by atoms with E-state index in [0.717, 1.165) is 5.56 Å². The third-order valence-corrected chi connectivity index (χ3v) is 4.01. The third kappa shape index (κ3) is 5.41. The SMILES string of the molecule is Cc1ccccc1C(=O)N(CCNC(=O)CC(C)C)c1ccc(F)cc1. The maximum Gasteiger partial charge on any atom is 0.258 e. The summed E-state index contributed by atoms with van der Waals surface area (Å²) in [7, 11) is 0. The highest BCUT2D eigenvalue weighted by molar-refractivity contribution is 6.07. The maximum absolute atomic E-state index is 13.3. The van der Waals surface area contributed by atoms with Gasteiger partial charge < -0.3 is 10.2 Å². The van der Waals surface area contributed by atoms with Gasteiger partial charge in [-0.05, 0) is 48.7 Å². The summed E-state index contributed by atoms with van der Waals surface area (Å²) in [6.45, 7) is 6.47.